The van der Waals surface area contributed by atoms with Crippen LogP contribution in [0.4, 0.5) is 5.82 Å². The van der Waals surface area contributed by atoms with Crippen LogP contribution in [0.5, 0.6) is 11.5 Å². The molecule has 0 radical (unpaired) electrons. The predicted octanol–water partition coefficient (Wildman–Crippen LogP) is 3.21. The third-order valence-corrected chi connectivity index (χ3v) is 7.46. The number of fused-ring (bicyclic) bond motifs is 1. The maximum atomic E-state index is 6.18. The first-order valence-electron chi connectivity index (χ1n) is 12.5. The Labute approximate surface area is 210 Å². The zero-order chi connectivity index (χ0) is 24.0. The maximum Gasteiger partial charge on any atom is 0.191 e. The van der Waals surface area contributed by atoms with Gasteiger partial charge >= 0.3 is 0 Å². The summed E-state index contributed by atoms with van der Waals surface area (Å²) in [6, 6.07) is 3.97. The number of likely N-dealkylation sites (tertiary alicyclic amines) is 1. The molecular weight excluding hydrogens is 462 g/mol. The fourth-order valence-corrected chi connectivity index (χ4v) is 5.33. The van der Waals surface area contributed by atoms with Gasteiger partial charge in [0.25, 0.3) is 0 Å². The number of rotatable bonds is 10. The van der Waals surface area contributed by atoms with E-state index in [2.05, 4.69) is 25.4 Å². The normalized spacial score (nSPS) is 17.2. The van der Waals surface area contributed by atoms with E-state index in [1.165, 1.54) is 25.9 Å². The van der Waals surface area contributed by atoms with Crippen LogP contribution in [-0.2, 0) is 0 Å². The van der Waals surface area contributed by atoms with Crippen LogP contribution in [0.2, 0.25) is 0 Å². The highest BCUT2D eigenvalue weighted by Crippen LogP contribution is 2.36. The number of aromatic nitrogens is 3. The van der Waals surface area contributed by atoms with Crippen LogP contribution in [0, 0.1) is 6.92 Å². The van der Waals surface area contributed by atoms with Crippen molar-refractivity contribution in [2.45, 2.75) is 26.2 Å². The first-order chi connectivity index (χ1) is 17.2. The molecule has 9 nitrogen and oxygen atoms in total. The zero-order valence-corrected chi connectivity index (χ0v) is 21.5. The molecule has 2 saturated heterocycles. The van der Waals surface area contributed by atoms with Crippen molar-refractivity contribution in [2.75, 3.05) is 71.5 Å². The van der Waals surface area contributed by atoms with Crippen LogP contribution in [0.3, 0.4) is 0 Å². The van der Waals surface area contributed by atoms with Crippen molar-refractivity contribution in [3.63, 3.8) is 0 Å². The van der Waals surface area contributed by atoms with Crippen LogP contribution < -0.4 is 20.1 Å². The summed E-state index contributed by atoms with van der Waals surface area (Å²) in [5.74, 6) is 2.83. The number of hydrogen-bond acceptors (Lipinski definition) is 10. The highest BCUT2D eigenvalue weighted by Gasteiger charge is 2.18. The number of aryl methyl sites for hydroxylation is 1. The summed E-state index contributed by atoms with van der Waals surface area (Å²) in [6.45, 7) is 10.9. The Morgan fingerprint density at radius 3 is 2.63 bits per heavy atom. The number of piperazine rings is 1. The van der Waals surface area contributed by atoms with Crippen molar-refractivity contribution in [3.05, 3.63) is 23.2 Å². The molecule has 4 heterocycles. The Balaban J connectivity index is 1.40. The number of benzene rings is 1. The Bertz CT molecular complexity index is 1130. The lowest BCUT2D eigenvalue weighted by Crippen LogP contribution is -2.45. The number of ether oxygens (including phenoxy) is 2. The minimum Gasteiger partial charge on any atom is -0.493 e. The van der Waals surface area contributed by atoms with Crippen LogP contribution in [0.15, 0.2) is 18.3 Å². The van der Waals surface area contributed by atoms with Crippen LogP contribution in [0.1, 0.15) is 24.1 Å². The molecule has 2 fully saturated rings. The Kier molecular flexibility index (Phi) is 7.92. The first-order valence-corrected chi connectivity index (χ1v) is 13.4. The van der Waals surface area contributed by atoms with Gasteiger partial charge in [-0.05, 0) is 45.3 Å². The van der Waals surface area contributed by atoms with Crippen molar-refractivity contribution in [3.8, 4) is 22.3 Å². The molecule has 0 unspecified atom stereocenters. The van der Waals surface area contributed by atoms with Gasteiger partial charge in [0.1, 0.15) is 5.82 Å². The van der Waals surface area contributed by atoms with Crippen molar-refractivity contribution in [2.24, 2.45) is 0 Å². The third-order valence-electron chi connectivity index (χ3n) is 6.55. The van der Waals surface area contributed by atoms with Crippen molar-refractivity contribution in [1.82, 2.24) is 30.1 Å². The molecule has 2 aromatic heterocycles. The molecule has 10 heteroatoms. The van der Waals surface area contributed by atoms with Gasteiger partial charge in [-0.2, -0.15) is 0 Å². The Hall–Kier alpha value is -2.53. The zero-order valence-electron chi connectivity index (χ0n) is 20.7. The highest BCUT2D eigenvalue weighted by molar-refractivity contribution is 7.14. The maximum absolute atomic E-state index is 6.18. The molecule has 35 heavy (non-hydrogen) atoms. The van der Waals surface area contributed by atoms with E-state index in [1.54, 1.807) is 18.4 Å². The lowest BCUT2D eigenvalue weighted by molar-refractivity contribution is 0.254. The van der Waals surface area contributed by atoms with E-state index in [1.807, 2.05) is 25.3 Å². The lowest BCUT2D eigenvalue weighted by atomic mass is 10.2. The van der Waals surface area contributed by atoms with E-state index >= 15 is 0 Å². The van der Waals surface area contributed by atoms with Gasteiger partial charge < -0.3 is 25.0 Å². The standard InChI is InChI=1S/C25H35N7O2S/c1-18-16-27-25(35-18)24-29-20-15-22(34-13-5-10-31-8-3-4-9-31)21(33-2)14-19(20)23(30-24)28-17-32-11-6-26-7-12-32/h14-16,26H,3-13,17H2,1-2H3,(H,28,29,30). The van der Waals surface area contributed by atoms with E-state index in [0.29, 0.717) is 18.2 Å². The molecule has 5 rings (SSSR count). The molecule has 2 aliphatic heterocycles. The van der Waals surface area contributed by atoms with Gasteiger partial charge in [-0.25, -0.2) is 15.0 Å². The summed E-state index contributed by atoms with van der Waals surface area (Å²) in [5, 5.41) is 8.68. The lowest BCUT2D eigenvalue weighted by Gasteiger charge is -2.27. The van der Waals surface area contributed by atoms with Gasteiger partial charge in [-0.1, -0.05) is 0 Å². The summed E-state index contributed by atoms with van der Waals surface area (Å²) in [5.41, 5.74) is 0.820. The molecule has 0 aliphatic carbocycles. The SMILES string of the molecule is COc1cc2c(NCN3CCNCC3)nc(-c3ncc(C)s3)nc2cc1OCCCN1CCCC1. The number of thiazole rings is 1. The number of hydrogen-bond donors (Lipinski definition) is 2. The van der Waals surface area contributed by atoms with Gasteiger partial charge in [-0.3, -0.25) is 4.90 Å². The summed E-state index contributed by atoms with van der Waals surface area (Å²) >= 11 is 1.60. The van der Waals surface area contributed by atoms with E-state index < -0.39 is 0 Å². The molecular formula is C25H35N7O2S. The fourth-order valence-electron chi connectivity index (χ4n) is 4.63. The van der Waals surface area contributed by atoms with Crippen LogP contribution in [0.25, 0.3) is 21.7 Å². The molecule has 0 saturated carbocycles. The second kappa shape index (κ2) is 11.5. The van der Waals surface area contributed by atoms with Crippen molar-refractivity contribution in [1.29, 1.82) is 0 Å². The van der Waals surface area contributed by atoms with E-state index in [9.17, 15) is 0 Å². The minimum atomic E-state index is 0.628. The van der Waals surface area contributed by atoms with Gasteiger partial charge in [0.2, 0.25) is 0 Å². The van der Waals surface area contributed by atoms with E-state index in [4.69, 9.17) is 19.4 Å². The number of anilines is 1. The molecule has 2 N–H and O–H groups in total. The van der Waals surface area contributed by atoms with Gasteiger partial charge in [0.05, 0.1) is 25.9 Å². The predicted molar refractivity (Wildman–Crippen MR) is 141 cm³/mol. The fraction of sp³-hybridized carbons (Fsp3) is 0.560. The van der Waals surface area contributed by atoms with E-state index in [-0.39, 0.29) is 0 Å². The Morgan fingerprint density at radius 2 is 1.89 bits per heavy atom. The highest BCUT2D eigenvalue weighted by atomic mass is 32.1. The van der Waals surface area contributed by atoms with Gasteiger partial charge in [0.15, 0.2) is 22.3 Å². The third kappa shape index (κ3) is 6.00. The molecule has 0 atom stereocenters. The van der Waals surface area contributed by atoms with Gasteiger partial charge in [-0.15, -0.1) is 11.3 Å². The van der Waals surface area contributed by atoms with Crippen LogP contribution in [-0.4, -0.2) is 91.0 Å². The average Bonchev–Trinajstić information content (AvgIpc) is 3.57. The smallest absolute Gasteiger partial charge is 0.191 e. The number of methoxy groups -OCH3 is 1. The summed E-state index contributed by atoms with van der Waals surface area (Å²) in [4.78, 5) is 20.3. The Morgan fingerprint density at radius 1 is 1.06 bits per heavy atom. The summed E-state index contributed by atoms with van der Waals surface area (Å²) in [7, 11) is 1.68. The quantitative estimate of drug-likeness (QED) is 0.410. The van der Waals surface area contributed by atoms with Crippen molar-refractivity contribution < 1.29 is 9.47 Å². The molecule has 0 spiro atoms. The average molecular weight is 498 g/mol. The summed E-state index contributed by atoms with van der Waals surface area (Å²) < 4.78 is 11.9. The first kappa shape index (κ1) is 24.2. The van der Waals surface area contributed by atoms with Gasteiger partial charge in [0, 0.05) is 55.3 Å². The largest absolute Gasteiger partial charge is 0.493 e. The van der Waals surface area contributed by atoms with Crippen molar-refractivity contribution >= 4 is 28.1 Å². The molecule has 0 amide bonds. The second-order valence-corrected chi connectivity index (χ2v) is 10.4. The second-order valence-electron chi connectivity index (χ2n) is 9.15. The molecule has 1 aromatic carbocycles. The molecule has 3 aromatic rings. The topological polar surface area (TPSA) is 87.7 Å². The minimum absolute atomic E-state index is 0.628. The summed E-state index contributed by atoms with van der Waals surface area (Å²) in [6.07, 6.45) is 5.48. The number of nitrogens with zero attached hydrogens (tertiary/aromatic N) is 5. The monoisotopic (exact) mass is 497 g/mol. The molecule has 0 bridgehead atoms. The van der Waals surface area contributed by atoms with E-state index in [0.717, 1.165) is 78.2 Å². The number of nitrogens with one attached hydrogen (secondary N) is 2. The molecule has 188 valence electrons. The molecule has 2 aliphatic rings. The van der Waals surface area contributed by atoms with Crippen LogP contribution >= 0.6 is 11.3 Å².